The lowest BCUT2D eigenvalue weighted by Crippen LogP contribution is -2.48. The lowest BCUT2D eigenvalue weighted by molar-refractivity contribution is 0.234. The van der Waals surface area contributed by atoms with E-state index in [-0.39, 0.29) is 28.2 Å². The maximum absolute atomic E-state index is 12.4. The molecule has 2 atom stereocenters. The van der Waals surface area contributed by atoms with Crippen molar-refractivity contribution in [1.29, 1.82) is 0 Å². The van der Waals surface area contributed by atoms with E-state index in [1.807, 2.05) is 9.80 Å². The summed E-state index contributed by atoms with van der Waals surface area (Å²) >= 11 is 12.1. The summed E-state index contributed by atoms with van der Waals surface area (Å²) in [6.07, 6.45) is 4.46. The van der Waals surface area contributed by atoms with Crippen molar-refractivity contribution in [1.82, 2.24) is 31.0 Å². The Morgan fingerprint density at radius 1 is 0.900 bits per heavy atom. The van der Waals surface area contributed by atoms with Crippen LogP contribution in [0.5, 0.6) is 0 Å². The molecule has 0 bridgehead atoms. The van der Waals surface area contributed by atoms with Gasteiger partial charge in [-0.15, -0.1) is 0 Å². The zero-order chi connectivity index (χ0) is 21.3. The van der Waals surface area contributed by atoms with Crippen molar-refractivity contribution in [3.63, 3.8) is 0 Å². The number of aromatic amines is 2. The molecule has 0 aromatic carbocycles. The third kappa shape index (κ3) is 4.21. The highest BCUT2D eigenvalue weighted by Crippen LogP contribution is 2.26. The fourth-order valence-corrected chi connectivity index (χ4v) is 4.22. The van der Waals surface area contributed by atoms with Crippen LogP contribution in [0.4, 0.5) is 16.2 Å². The predicted molar refractivity (Wildman–Crippen MR) is 113 cm³/mol. The molecule has 2 aliphatic heterocycles. The van der Waals surface area contributed by atoms with Gasteiger partial charge in [-0.3, -0.25) is 9.59 Å². The molecule has 2 fully saturated rings. The van der Waals surface area contributed by atoms with E-state index in [2.05, 4.69) is 31.0 Å². The average molecular weight is 455 g/mol. The summed E-state index contributed by atoms with van der Waals surface area (Å²) in [6.45, 7) is 2.37. The van der Waals surface area contributed by atoms with Gasteiger partial charge in [0.2, 0.25) is 0 Å². The standard InChI is InChI=1S/C17H20Cl2N8O3/c18-13-11(5-20-24-15(13)28)26-3-1-9(7-26)22-17(30)23-10-2-4-27(8-10)12-6-21-25-16(29)14(12)19/h5-6,9-10H,1-4,7-8H2,(H,24,28)(H,25,29)(H2,22,23,30). The molecule has 0 spiro atoms. The fraction of sp³-hybridized carbons (Fsp3) is 0.471. The van der Waals surface area contributed by atoms with Gasteiger partial charge in [0.1, 0.15) is 10.0 Å². The van der Waals surface area contributed by atoms with Crippen LogP contribution >= 0.6 is 23.2 Å². The molecule has 2 aliphatic rings. The van der Waals surface area contributed by atoms with E-state index in [0.717, 1.165) is 12.8 Å². The van der Waals surface area contributed by atoms with Crippen molar-refractivity contribution in [2.75, 3.05) is 36.0 Å². The number of hydrogen-bond acceptors (Lipinski definition) is 7. The van der Waals surface area contributed by atoms with Crippen LogP contribution < -0.4 is 31.6 Å². The average Bonchev–Trinajstić information content (AvgIpc) is 3.36. The van der Waals surface area contributed by atoms with Crippen LogP contribution in [-0.4, -0.2) is 64.7 Å². The summed E-state index contributed by atoms with van der Waals surface area (Å²) in [5.74, 6) is 0. The van der Waals surface area contributed by atoms with E-state index in [1.54, 1.807) is 0 Å². The van der Waals surface area contributed by atoms with Crippen LogP contribution in [0, 0.1) is 0 Å². The Balaban J connectivity index is 1.29. The summed E-state index contributed by atoms with van der Waals surface area (Å²) < 4.78 is 0. The molecule has 13 heteroatoms. The molecule has 0 aliphatic carbocycles. The number of hydrogen-bond donors (Lipinski definition) is 4. The Kier molecular flexibility index (Phi) is 5.82. The number of carbonyl (C=O) groups is 1. The Hall–Kier alpha value is -2.79. The first-order valence-corrected chi connectivity index (χ1v) is 10.2. The minimum atomic E-state index is -0.440. The molecule has 4 heterocycles. The first-order chi connectivity index (χ1) is 14.4. The van der Waals surface area contributed by atoms with Gasteiger partial charge in [0, 0.05) is 38.3 Å². The van der Waals surface area contributed by atoms with Crippen LogP contribution in [0.15, 0.2) is 22.0 Å². The van der Waals surface area contributed by atoms with E-state index in [9.17, 15) is 14.4 Å². The Bertz CT molecular complexity index is 976. The van der Waals surface area contributed by atoms with Crippen LogP contribution in [0.25, 0.3) is 0 Å². The summed E-state index contributed by atoms with van der Waals surface area (Å²) in [5, 5.41) is 18.3. The van der Waals surface area contributed by atoms with E-state index in [1.165, 1.54) is 12.4 Å². The molecule has 160 valence electrons. The molecule has 11 nitrogen and oxygen atoms in total. The predicted octanol–water partition coefficient (Wildman–Crippen LogP) is 0.317. The number of anilines is 2. The second-order valence-corrected chi connectivity index (χ2v) is 8.03. The molecule has 0 saturated carbocycles. The maximum Gasteiger partial charge on any atom is 0.315 e. The number of rotatable bonds is 4. The van der Waals surface area contributed by atoms with Gasteiger partial charge in [0.25, 0.3) is 11.1 Å². The topological polar surface area (TPSA) is 139 Å². The maximum atomic E-state index is 12.4. The summed E-state index contributed by atoms with van der Waals surface area (Å²) in [6, 6.07) is -0.424. The zero-order valence-corrected chi connectivity index (χ0v) is 17.3. The van der Waals surface area contributed by atoms with E-state index in [4.69, 9.17) is 23.2 Å². The summed E-state index contributed by atoms with van der Waals surface area (Å²) in [7, 11) is 0. The molecule has 4 rings (SSSR count). The lowest BCUT2D eigenvalue weighted by Gasteiger charge is -2.21. The number of nitrogens with one attached hydrogen (secondary N) is 4. The Morgan fingerprint density at radius 2 is 1.33 bits per heavy atom. The smallest absolute Gasteiger partial charge is 0.315 e. The minimum absolute atomic E-state index is 0.0795. The number of amides is 2. The van der Waals surface area contributed by atoms with Gasteiger partial charge in [0.05, 0.1) is 23.8 Å². The normalized spacial score (nSPS) is 21.1. The monoisotopic (exact) mass is 454 g/mol. The van der Waals surface area contributed by atoms with E-state index >= 15 is 0 Å². The summed E-state index contributed by atoms with van der Waals surface area (Å²) in [4.78, 5) is 39.5. The van der Waals surface area contributed by atoms with Crippen LogP contribution in [0.2, 0.25) is 10.0 Å². The molecule has 4 N–H and O–H groups in total. The molecule has 2 amide bonds. The highest BCUT2D eigenvalue weighted by molar-refractivity contribution is 6.33. The first kappa shape index (κ1) is 20.5. The lowest BCUT2D eigenvalue weighted by atomic mass is 10.2. The quantitative estimate of drug-likeness (QED) is 0.521. The van der Waals surface area contributed by atoms with Crippen LogP contribution in [0.3, 0.4) is 0 Å². The molecular formula is C17H20Cl2N8O3. The molecule has 30 heavy (non-hydrogen) atoms. The SMILES string of the molecule is O=C(NC1CCN(c2cn[nH]c(=O)c2Cl)C1)NC1CCN(c2cn[nH]c(=O)c2Cl)C1. The van der Waals surface area contributed by atoms with Crippen molar-refractivity contribution >= 4 is 40.6 Å². The van der Waals surface area contributed by atoms with Crippen molar-refractivity contribution in [3.8, 4) is 0 Å². The minimum Gasteiger partial charge on any atom is -0.367 e. The number of H-pyrrole nitrogens is 2. The van der Waals surface area contributed by atoms with Gasteiger partial charge in [-0.25, -0.2) is 15.0 Å². The largest absolute Gasteiger partial charge is 0.367 e. The van der Waals surface area contributed by atoms with Gasteiger partial charge in [0.15, 0.2) is 0 Å². The van der Waals surface area contributed by atoms with Crippen molar-refractivity contribution < 1.29 is 4.79 Å². The van der Waals surface area contributed by atoms with Crippen LogP contribution in [-0.2, 0) is 0 Å². The van der Waals surface area contributed by atoms with Gasteiger partial charge in [-0.1, -0.05) is 23.2 Å². The fourth-order valence-electron chi connectivity index (χ4n) is 3.80. The van der Waals surface area contributed by atoms with Crippen LogP contribution in [0.1, 0.15) is 12.8 Å². The second kappa shape index (κ2) is 8.52. The van der Waals surface area contributed by atoms with Gasteiger partial charge >= 0.3 is 6.03 Å². The van der Waals surface area contributed by atoms with Crippen molar-refractivity contribution in [2.24, 2.45) is 0 Å². The number of aromatic nitrogens is 4. The summed E-state index contributed by atoms with van der Waals surface area (Å²) in [5.41, 5.74) is 0.231. The number of nitrogens with zero attached hydrogens (tertiary/aromatic N) is 4. The molecule has 0 radical (unpaired) electrons. The van der Waals surface area contributed by atoms with Gasteiger partial charge in [-0.05, 0) is 12.8 Å². The number of carbonyl (C=O) groups excluding carboxylic acids is 1. The van der Waals surface area contributed by atoms with E-state index < -0.39 is 11.1 Å². The molecule has 2 saturated heterocycles. The molecule has 2 unspecified atom stereocenters. The highest BCUT2D eigenvalue weighted by Gasteiger charge is 2.29. The third-order valence-corrected chi connectivity index (χ3v) is 6.01. The van der Waals surface area contributed by atoms with Crippen molar-refractivity contribution in [3.05, 3.63) is 43.1 Å². The molecular weight excluding hydrogens is 435 g/mol. The molecule has 2 aromatic heterocycles. The molecule has 2 aromatic rings. The van der Waals surface area contributed by atoms with E-state index in [0.29, 0.717) is 37.6 Å². The Labute approximate surface area is 180 Å². The number of urea groups is 1. The third-order valence-electron chi connectivity index (χ3n) is 5.28. The van der Waals surface area contributed by atoms with Gasteiger partial charge < -0.3 is 20.4 Å². The zero-order valence-electron chi connectivity index (χ0n) is 15.8. The van der Waals surface area contributed by atoms with Gasteiger partial charge in [-0.2, -0.15) is 10.2 Å². The second-order valence-electron chi connectivity index (χ2n) is 7.28. The Morgan fingerprint density at radius 3 is 1.77 bits per heavy atom. The highest BCUT2D eigenvalue weighted by atomic mass is 35.5. The number of halogens is 2. The first-order valence-electron chi connectivity index (χ1n) is 9.45. The van der Waals surface area contributed by atoms with Crippen molar-refractivity contribution in [2.45, 2.75) is 24.9 Å².